The van der Waals surface area contributed by atoms with Crippen LogP contribution in [0.5, 0.6) is 0 Å². The molecule has 118 valence electrons. The van der Waals surface area contributed by atoms with Crippen LogP contribution >= 0.6 is 0 Å². The number of rotatable bonds is 6. The van der Waals surface area contributed by atoms with E-state index in [4.69, 9.17) is 4.74 Å². The van der Waals surface area contributed by atoms with E-state index in [1.54, 1.807) is 0 Å². The minimum absolute atomic E-state index is 0.128. The molecule has 2 fully saturated rings. The van der Waals surface area contributed by atoms with Crippen molar-refractivity contribution in [1.82, 2.24) is 5.32 Å². The van der Waals surface area contributed by atoms with Crippen LogP contribution in [0.15, 0.2) is 0 Å². The zero-order chi connectivity index (χ0) is 14.4. The first-order valence-electron chi connectivity index (χ1n) is 9.04. The van der Waals surface area contributed by atoms with E-state index in [9.17, 15) is 0 Å². The molecule has 0 aromatic heterocycles. The molecule has 2 nitrogen and oxygen atoms in total. The van der Waals surface area contributed by atoms with E-state index < -0.39 is 0 Å². The highest BCUT2D eigenvalue weighted by atomic mass is 16.5. The monoisotopic (exact) mass is 281 g/mol. The van der Waals surface area contributed by atoms with E-state index in [1.807, 2.05) is 0 Å². The first kappa shape index (κ1) is 16.3. The smallest absolute Gasteiger partial charge is 0.0812 e. The van der Waals surface area contributed by atoms with Crippen LogP contribution in [0.1, 0.15) is 78.6 Å². The summed E-state index contributed by atoms with van der Waals surface area (Å²) in [5.41, 5.74) is 0.128. The minimum Gasteiger partial charge on any atom is -0.370 e. The molecule has 0 heterocycles. The highest BCUT2D eigenvalue weighted by molar-refractivity contribution is 4.91. The molecular formula is C18H35NO. The minimum atomic E-state index is 0.128. The van der Waals surface area contributed by atoms with Crippen LogP contribution in [0.25, 0.3) is 0 Å². The maximum atomic E-state index is 6.79. The lowest BCUT2D eigenvalue weighted by Crippen LogP contribution is -2.50. The van der Waals surface area contributed by atoms with Gasteiger partial charge in [0.15, 0.2) is 0 Å². The summed E-state index contributed by atoms with van der Waals surface area (Å²) < 4.78 is 6.79. The van der Waals surface area contributed by atoms with Gasteiger partial charge in [0.25, 0.3) is 0 Å². The van der Waals surface area contributed by atoms with Crippen molar-refractivity contribution in [3.8, 4) is 0 Å². The van der Waals surface area contributed by atoms with Crippen LogP contribution in [0.2, 0.25) is 0 Å². The van der Waals surface area contributed by atoms with Crippen molar-refractivity contribution in [2.75, 3.05) is 13.1 Å². The zero-order valence-electron chi connectivity index (χ0n) is 13.9. The largest absolute Gasteiger partial charge is 0.370 e. The van der Waals surface area contributed by atoms with Crippen LogP contribution in [0.4, 0.5) is 0 Å². The van der Waals surface area contributed by atoms with Gasteiger partial charge in [-0.05, 0) is 50.5 Å². The molecule has 0 bridgehead atoms. The molecule has 2 rings (SSSR count). The molecule has 0 aromatic carbocycles. The number of hydrogen-bond donors (Lipinski definition) is 1. The molecule has 4 unspecified atom stereocenters. The van der Waals surface area contributed by atoms with Gasteiger partial charge < -0.3 is 10.1 Å². The third-order valence-electron chi connectivity index (χ3n) is 5.36. The summed E-state index contributed by atoms with van der Waals surface area (Å²) >= 11 is 0. The summed E-state index contributed by atoms with van der Waals surface area (Å²) in [6, 6.07) is 0. The molecule has 0 aromatic rings. The van der Waals surface area contributed by atoms with E-state index in [2.05, 4.69) is 26.1 Å². The molecule has 2 aliphatic carbocycles. The first-order chi connectivity index (χ1) is 9.65. The molecule has 0 saturated heterocycles. The summed E-state index contributed by atoms with van der Waals surface area (Å²) in [7, 11) is 0. The highest BCUT2D eigenvalue weighted by Crippen LogP contribution is 2.39. The lowest BCUT2D eigenvalue weighted by molar-refractivity contribution is -0.144. The third-order valence-corrected chi connectivity index (χ3v) is 5.36. The predicted molar refractivity (Wildman–Crippen MR) is 86.0 cm³/mol. The fraction of sp³-hybridized carbons (Fsp3) is 1.00. The molecule has 2 heteroatoms. The average molecular weight is 281 g/mol. The molecule has 0 spiro atoms. The summed E-state index contributed by atoms with van der Waals surface area (Å²) in [5, 5.41) is 3.65. The Balaban J connectivity index is 1.97. The van der Waals surface area contributed by atoms with E-state index >= 15 is 0 Å². The van der Waals surface area contributed by atoms with Crippen LogP contribution < -0.4 is 5.32 Å². The van der Waals surface area contributed by atoms with Gasteiger partial charge in [-0.25, -0.2) is 0 Å². The van der Waals surface area contributed by atoms with Crippen molar-refractivity contribution in [2.45, 2.75) is 90.3 Å². The van der Waals surface area contributed by atoms with E-state index in [-0.39, 0.29) is 5.60 Å². The second-order valence-corrected chi connectivity index (χ2v) is 7.48. The quantitative estimate of drug-likeness (QED) is 0.722. The molecule has 0 radical (unpaired) electrons. The highest BCUT2D eigenvalue weighted by Gasteiger charge is 2.39. The lowest BCUT2D eigenvalue weighted by atomic mass is 9.77. The molecule has 0 amide bonds. The summed E-state index contributed by atoms with van der Waals surface area (Å²) in [6.07, 6.45) is 12.4. The van der Waals surface area contributed by atoms with Gasteiger partial charge in [-0.15, -0.1) is 0 Å². The topological polar surface area (TPSA) is 21.3 Å². The van der Waals surface area contributed by atoms with Crippen molar-refractivity contribution >= 4 is 0 Å². The van der Waals surface area contributed by atoms with Crippen molar-refractivity contribution in [1.29, 1.82) is 0 Å². The molecule has 2 aliphatic rings. The van der Waals surface area contributed by atoms with Crippen LogP contribution in [0.3, 0.4) is 0 Å². The Bertz CT molecular complexity index is 281. The Morgan fingerprint density at radius 3 is 2.60 bits per heavy atom. The van der Waals surface area contributed by atoms with Gasteiger partial charge >= 0.3 is 0 Å². The van der Waals surface area contributed by atoms with Crippen molar-refractivity contribution in [3.05, 3.63) is 0 Å². The first-order valence-corrected chi connectivity index (χ1v) is 9.04. The summed E-state index contributed by atoms with van der Waals surface area (Å²) in [4.78, 5) is 0. The Labute approximate surface area is 126 Å². The van der Waals surface area contributed by atoms with Crippen LogP contribution in [-0.4, -0.2) is 24.8 Å². The number of ether oxygens (including phenoxy) is 1. The Kier molecular flexibility index (Phi) is 6.35. The maximum Gasteiger partial charge on any atom is 0.0812 e. The molecular weight excluding hydrogens is 246 g/mol. The average Bonchev–Trinajstić information content (AvgIpc) is 2.42. The van der Waals surface area contributed by atoms with Gasteiger partial charge in [-0.3, -0.25) is 0 Å². The SMILES string of the molecule is CCCNCC1(OC2CCCCC2C)CCCC(C)C1. The molecule has 2 saturated carbocycles. The number of hydrogen-bond acceptors (Lipinski definition) is 2. The normalized spacial score (nSPS) is 38.9. The lowest BCUT2D eigenvalue weighted by Gasteiger charge is -2.45. The van der Waals surface area contributed by atoms with Gasteiger partial charge in [0, 0.05) is 6.54 Å². The van der Waals surface area contributed by atoms with E-state index in [0.29, 0.717) is 6.10 Å². The van der Waals surface area contributed by atoms with E-state index in [0.717, 1.165) is 24.9 Å². The molecule has 0 aliphatic heterocycles. The second kappa shape index (κ2) is 7.79. The van der Waals surface area contributed by atoms with E-state index in [1.165, 1.54) is 57.8 Å². The van der Waals surface area contributed by atoms with Gasteiger partial charge in [-0.2, -0.15) is 0 Å². The molecule has 20 heavy (non-hydrogen) atoms. The maximum absolute atomic E-state index is 6.79. The fourth-order valence-corrected chi connectivity index (χ4v) is 4.19. The van der Waals surface area contributed by atoms with Gasteiger partial charge in [0.1, 0.15) is 0 Å². The Morgan fingerprint density at radius 2 is 1.90 bits per heavy atom. The van der Waals surface area contributed by atoms with Crippen LogP contribution in [-0.2, 0) is 4.74 Å². The Hall–Kier alpha value is -0.0800. The number of nitrogens with one attached hydrogen (secondary N) is 1. The Morgan fingerprint density at radius 1 is 1.10 bits per heavy atom. The summed E-state index contributed by atoms with van der Waals surface area (Å²) in [6.45, 7) is 9.23. The summed E-state index contributed by atoms with van der Waals surface area (Å²) in [5.74, 6) is 1.58. The predicted octanol–water partition coefficient (Wildman–Crippen LogP) is 4.53. The van der Waals surface area contributed by atoms with Gasteiger partial charge in [0.2, 0.25) is 0 Å². The fourth-order valence-electron chi connectivity index (χ4n) is 4.19. The zero-order valence-corrected chi connectivity index (χ0v) is 13.9. The van der Waals surface area contributed by atoms with Gasteiger partial charge in [0.05, 0.1) is 11.7 Å². The van der Waals surface area contributed by atoms with Crippen molar-refractivity contribution < 1.29 is 4.74 Å². The van der Waals surface area contributed by atoms with Gasteiger partial charge in [-0.1, -0.05) is 46.5 Å². The van der Waals surface area contributed by atoms with Crippen molar-refractivity contribution in [3.63, 3.8) is 0 Å². The standard InChI is InChI=1S/C18H35NO/c1-4-12-19-14-18(11-7-8-15(2)13-18)20-17-10-6-5-9-16(17)3/h15-17,19H,4-14H2,1-3H3. The van der Waals surface area contributed by atoms with Crippen LogP contribution in [0, 0.1) is 11.8 Å². The third kappa shape index (κ3) is 4.46. The molecule has 4 atom stereocenters. The molecule has 1 N–H and O–H groups in total. The second-order valence-electron chi connectivity index (χ2n) is 7.48. The van der Waals surface area contributed by atoms with Crippen molar-refractivity contribution in [2.24, 2.45) is 11.8 Å².